The summed E-state index contributed by atoms with van der Waals surface area (Å²) in [6.45, 7) is 1.57. The van der Waals surface area contributed by atoms with Crippen LogP contribution in [0.3, 0.4) is 0 Å². The van der Waals surface area contributed by atoms with Crippen LogP contribution in [0.25, 0.3) is 0 Å². The van der Waals surface area contributed by atoms with E-state index in [0.717, 1.165) is 6.42 Å². The van der Waals surface area contributed by atoms with Crippen LogP contribution in [0.4, 0.5) is 0 Å². The molecule has 0 aliphatic heterocycles. The summed E-state index contributed by atoms with van der Waals surface area (Å²) in [5.41, 5.74) is 0. The Hall–Kier alpha value is -0.570. The molecule has 0 aromatic heterocycles. The average molecular weight is 156 g/mol. The van der Waals surface area contributed by atoms with E-state index in [0.29, 0.717) is 12.1 Å². The summed E-state index contributed by atoms with van der Waals surface area (Å²) in [6.07, 6.45) is 3.52. The maximum Gasteiger partial charge on any atom is 0.217 e. The van der Waals surface area contributed by atoms with Crippen LogP contribution >= 0.6 is 0 Å². The van der Waals surface area contributed by atoms with E-state index in [9.17, 15) is 4.79 Å². The standard InChI is InChI=1S/C8H16N2O/c1-6(11)10-8-5-3-4-7(8)9-2/h7-9H,3-5H2,1-2H3,(H,10,11)/t7-,8+/m1/s1. The minimum Gasteiger partial charge on any atom is -0.352 e. The Morgan fingerprint density at radius 2 is 2.00 bits per heavy atom. The summed E-state index contributed by atoms with van der Waals surface area (Å²) in [7, 11) is 1.95. The topological polar surface area (TPSA) is 41.1 Å². The fraction of sp³-hybridized carbons (Fsp3) is 0.875. The van der Waals surface area contributed by atoms with Gasteiger partial charge in [-0.2, -0.15) is 0 Å². The number of carbonyl (C=O) groups is 1. The molecule has 0 heterocycles. The van der Waals surface area contributed by atoms with Gasteiger partial charge in [-0.1, -0.05) is 0 Å². The number of carbonyl (C=O) groups excluding carboxylic acids is 1. The molecule has 1 fully saturated rings. The summed E-state index contributed by atoms with van der Waals surface area (Å²) in [4.78, 5) is 10.7. The molecule has 3 nitrogen and oxygen atoms in total. The van der Waals surface area contributed by atoms with Gasteiger partial charge in [-0.15, -0.1) is 0 Å². The highest BCUT2D eigenvalue weighted by Crippen LogP contribution is 2.18. The van der Waals surface area contributed by atoms with Gasteiger partial charge in [0.25, 0.3) is 0 Å². The molecule has 1 saturated carbocycles. The number of nitrogens with one attached hydrogen (secondary N) is 2. The van der Waals surface area contributed by atoms with Crippen molar-refractivity contribution in [2.24, 2.45) is 0 Å². The van der Waals surface area contributed by atoms with Crippen LogP contribution in [0.15, 0.2) is 0 Å². The Labute approximate surface area is 67.5 Å². The quantitative estimate of drug-likeness (QED) is 0.602. The molecule has 0 saturated heterocycles. The molecule has 2 N–H and O–H groups in total. The first-order chi connectivity index (χ1) is 5.24. The van der Waals surface area contributed by atoms with Crippen molar-refractivity contribution in [2.45, 2.75) is 38.3 Å². The third-order valence-electron chi connectivity index (χ3n) is 2.28. The Kier molecular flexibility index (Phi) is 2.88. The molecule has 3 heteroatoms. The predicted octanol–water partition coefficient (Wildman–Crippen LogP) is 0.263. The van der Waals surface area contributed by atoms with Crippen molar-refractivity contribution in [2.75, 3.05) is 7.05 Å². The van der Waals surface area contributed by atoms with E-state index in [2.05, 4.69) is 10.6 Å². The Morgan fingerprint density at radius 1 is 1.36 bits per heavy atom. The number of amides is 1. The summed E-state index contributed by atoms with van der Waals surface area (Å²) in [5, 5.41) is 6.15. The highest BCUT2D eigenvalue weighted by Gasteiger charge is 2.25. The fourth-order valence-corrected chi connectivity index (χ4v) is 1.74. The number of hydrogen-bond donors (Lipinski definition) is 2. The average Bonchev–Trinajstić information content (AvgIpc) is 2.34. The van der Waals surface area contributed by atoms with Crippen LogP contribution in [0.2, 0.25) is 0 Å². The second-order valence-corrected chi connectivity index (χ2v) is 3.13. The minimum absolute atomic E-state index is 0.0807. The van der Waals surface area contributed by atoms with Gasteiger partial charge in [-0.05, 0) is 26.3 Å². The molecule has 1 aliphatic carbocycles. The number of hydrogen-bond acceptors (Lipinski definition) is 2. The van der Waals surface area contributed by atoms with Gasteiger partial charge >= 0.3 is 0 Å². The first-order valence-electron chi connectivity index (χ1n) is 4.18. The Morgan fingerprint density at radius 3 is 2.55 bits per heavy atom. The van der Waals surface area contributed by atoms with Crippen molar-refractivity contribution in [1.29, 1.82) is 0 Å². The zero-order chi connectivity index (χ0) is 8.27. The predicted molar refractivity (Wildman–Crippen MR) is 44.3 cm³/mol. The zero-order valence-corrected chi connectivity index (χ0v) is 7.18. The smallest absolute Gasteiger partial charge is 0.217 e. The minimum atomic E-state index is 0.0807. The molecule has 0 unspecified atom stereocenters. The molecule has 0 aromatic carbocycles. The molecule has 1 amide bonds. The second-order valence-electron chi connectivity index (χ2n) is 3.13. The normalized spacial score (nSPS) is 30.4. The molecule has 1 rings (SSSR count). The lowest BCUT2D eigenvalue weighted by Crippen LogP contribution is -2.44. The van der Waals surface area contributed by atoms with E-state index < -0.39 is 0 Å². The maximum absolute atomic E-state index is 10.7. The van der Waals surface area contributed by atoms with Gasteiger partial charge in [0.05, 0.1) is 0 Å². The van der Waals surface area contributed by atoms with Crippen LogP contribution < -0.4 is 10.6 Å². The SMILES string of the molecule is CN[C@@H]1CCC[C@@H]1NC(C)=O. The Bertz CT molecular complexity index is 147. The number of likely N-dealkylation sites (N-methyl/N-ethyl adjacent to an activating group) is 1. The molecule has 0 bridgehead atoms. The molecule has 64 valence electrons. The lowest BCUT2D eigenvalue weighted by Gasteiger charge is -2.19. The van der Waals surface area contributed by atoms with Gasteiger partial charge in [0.2, 0.25) is 5.91 Å². The van der Waals surface area contributed by atoms with Gasteiger partial charge in [0.1, 0.15) is 0 Å². The summed E-state index contributed by atoms with van der Waals surface area (Å²) >= 11 is 0. The highest BCUT2D eigenvalue weighted by atomic mass is 16.1. The second kappa shape index (κ2) is 3.72. The lowest BCUT2D eigenvalue weighted by molar-refractivity contribution is -0.119. The zero-order valence-electron chi connectivity index (χ0n) is 7.18. The molecule has 0 radical (unpaired) electrons. The molecule has 11 heavy (non-hydrogen) atoms. The Balaban J connectivity index is 2.37. The summed E-state index contributed by atoms with van der Waals surface area (Å²) in [6, 6.07) is 0.844. The monoisotopic (exact) mass is 156 g/mol. The van der Waals surface area contributed by atoms with Gasteiger partial charge in [-0.3, -0.25) is 4.79 Å². The van der Waals surface area contributed by atoms with Crippen molar-refractivity contribution in [3.8, 4) is 0 Å². The van der Waals surface area contributed by atoms with E-state index in [-0.39, 0.29) is 5.91 Å². The van der Waals surface area contributed by atoms with Crippen LogP contribution in [0.1, 0.15) is 26.2 Å². The van der Waals surface area contributed by atoms with Crippen LogP contribution in [-0.2, 0) is 4.79 Å². The molecule has 0 spiro atoms. The van der Waals surface area contributed by atoms with Crippen LogP contribution in [-0.4, -0.2) is 25.0 Å². The van der Waals surface area contributed by atoms with Crippen molar-refractivity contribution < 1.29 is 4.79 Å². The van der Waals surface area contributed by atoms with E-state index >= 15 is 0 Å². The molecular formula is C8H16N2O. The third kappa shape index (κ3) is 2.19. The number of rotatable bonds is 2. The van der Waals surface area contributed by atoms with Crippen molar-refractivity contribution in [3.63, 3.8) is 0 Å². The first kappa shape index (κ1) is 8.53. The van der Waals surface area contributed by atoms with Crippen LogP contribution in [0.5, 0.6) is 0 Å². The first-order valence-corrected chi connectivity index (χ1v) is 4.18. The van der Waals surface area contributed by atoms with E-state index in [1.807, 2.05) is 7.05 Å². The highest BCUT2D eigenvalue weighted by molar-refractivity contribution is 5.73. The molecule has 1 aliphatic rings. The van der Waals surface area contributed by atoms with Gasteiger partial charge in [0, 0.05) is 19.0 Å². The van der Waals surface area contributed by atoms with E-state index in [4.69, 9.17) is 0 Å². The molecule has 0 aromatic rings. The van der Waals surface area contributed by atoms with Gasteiger partial charge in [0.15, 0.2) is 0 Å². The van der Waals surface area contributed by atoms with E-state index in [1.165, 1.54) is 12.8 Å². The summed E-state index contributed by atoms with van der Waals surface area (Å²) in [5.74, 6) is 0.0807. The van der Waals surface area contributed by atoms with E-state index in [1.54, 1.807) is 6.92 Å². The van der Waals surface area contributed by atoms with Crippen LogP contribution in [0, 0.1) is 0 Å². The van der Waals surface area contributed by atoms with Crippen molar-refractivity contribution in [1.82, 2.24) is 10.6 Å². The third-order valence-corrected chi connectivity index (χ3v) is 2.28. The maximum atomic E-state index is 10.7. The largest absolute Gasteiger partial charge is 0.352 e. The van der Waals surface area contributed by atoms with Crippen molar-refractivity contribution >= 4 is 5.91 Å². The molecular weight excluding hydrogens is 140 g/mol. The van der Waals surface area contributed by atoms with Gasteiger partial charge < -0.3 is 10.6 Å². The van der Waals surface area contributed by atoms with Gasteiger partial charge in [-0.25, -0.2) is 0 Å². The molecule has 2 atom stereocenters. The summed E-state index contributed by atoms with van der Waals surface area (Å²) < 4.78 is 0. The lowest BCUT2D eigenvalue weighted by atomic mass is 10.2. The fourth-order valence-electron chi connectivity index (χ4n) is 1.74. The van der Waals surface area contributed by atoms with Crippen molar-refractivity contribution in [3.05, 3.63) is 0 Å².